The van der Waals surface area contributed by atoms with Crippen LogP contribution in [0.3, 0.4) is 0 Å². The number of hydrogen-bond donors (Lipinski definition) is 1. The van der Waals surface area contributed by atoms with E-state index in [9.17, 15) is 5.11 Å². The molecule has 5 nitrogen and oxygen atoms in total. The zero-order valence-corrected chi connectivity index (χ0v) is 10.3. The third-order valence-electron chi connectivity index (χ3n) is 2.45. The van der Waals surface area contributed by atoms with Gasteiger partial charge in [-0.25, -0.2) is 14.6 Å². The zero-order chi connectivity index (χ0) is 13.0. The maximum Gasteiger partial charge on any atom is 0.184 e. The predicted molar refractivity (Wildman–Crippen MR) is 69.2 cm³/mol. The van der Waals surface area contributed by atoms with Gasteiger partial charge in [0.05, 0.1) is 5.57 Å². The Morgan fingerprint density at radius 2 is 2.06 bits per heavy atom. The summed E-state index contributed by atoms with van der Waals surface area (Å²) in [5, 5.41) is 14.0. The number of rotatable bonds is 3. The molecule has 5 heteroatoms. The quantitative estimate of drug-likeness (QED) is 0.663. The topological polar surface area (TPSA) is 63.8 Å². The first-order chi connectivity index (χ1) is 8.76. The van der Waals surface area contributed by atoms with E-state index in [1.54, 1.807) is 36.3 Å². The molecule has 0 saturated carbocycles. The molecular weight excluding hydrogens is 228 g/mol. The SMILES string of the molecule is C/C=C(\C(O)=C/C)c1ncn(-c2ccccn2)n1. The fourth-order valence-electron chi connectivity index (χ4n) is 1.53. The van der Waals surface area contributed by atoms with Crippen LogP contribution >= 0.6 is 0 Å². The lowest BCUT2D eigenvalue weighted by molar-refractivity contribution is 0.436. The number of nitrogens with zero attached hydrogens (tertiary/aromatic N) is 4. The Hall–Kier alpha value is -2.43. The number of hydrogen-bond acceptors (Lipinski definition) is 4. The van der Waals surface area contributed by atoms with Crippen molar-refractivity contribution >= 4 is 5.57 Å². The molecule has 0 aromatic carbocycles. The summed E-state index contributed by atoms with van der Waals surface area (Å²) in [5.41, 5.74) is 0.604. The smallest absolute Gasteiger partial charge is 0.184 e. The van der Waals surface area contributed by atoms with Gasteiger partial charge in [-0.05, 0) is 32.1 Å². The minimum absolute atomic E-state index is 0.163. The molecule has 2 aromatic rings. The second kappa shape index (κ2) is 5.27. The molecular formula is C13H14N4O. The van der Waals surface area contributed by atoms with Gasteiger partial charge in [-0.2, -0.15) is 0 Å². The fourth-order valence-corrected chi connectivity index (χ4v) is 1.53. The molecule has 0 amide bonds. The van der Waals surface area contributed by atoms with Crippen LogP contribution in [0.25, 0.3) is 11.4 Å². The van der Waals surface area contributed by atoms with Crippen LogP contribution in [0.4, 0.5) is 0 Å². The zero-order valence-electron chi connectivity index (χ0n) is 10.3. The van der Waals surface area contributed by atoms with Crippen LogP contribution in [0, 0.1) is 0 Å². The molecule has 1 N–H and O–H groups in total. The Bertz CT molecular complexity index is 584. The van der Waals surface area contributed by atoms with Crippen LogP contribution in [0.15, 0.2) is 48.6 Å². The molecule has 2 heterocycles. The lowest BCUT2D eigenvalue weighted by atomic mass is 10.2. The van der Waals surface area contributed by atoms with Gasteiger partial charge in [-0.1, -0.05) is 12.1 Å². The summed E-state index contributed by atoms with van der Waals surface area (Å²) >= 11 is 0. The average molecular weight is 242 g/mol. The number of aromatic nitrogens is 4. The standard InChI is InChI=1S/C13H14N4O/c1-3-10(11(18)4-2)13-15-9-17(16-13)12-7-5-6-8-14-12/h3-9,18H,1-2H3/b10-3+,11-4+. The van der Waals surface area contributed by atoms with Crippen molar-refractivity contribution < 1.29 is 5.11 Å². The largest absolute Gasteiger partial charge is 0.508 e. The third kappa shape index (κ3) is 2.29. The Kier molecular flexibility index (Phi) is 3.52. The highest BCUT2D eigenvalue weighted by Crippen LogP contribution is 2.17. The predicted octanol–water partition coefficient (Wildman–Crippen LogP) is 2.53. The molecule has 0 saturated heterocycles. The van der Waals surface area contributed by atoms with Crippen molar-refractivity contribution in [3.63, 3.8) is 0 Å². The molecule has 92 valence electrons. The van der Waals surface area contributed by atoms with Crippen molar-refractivity contribution in [2.45, 2.75) is 13.8 Å². The molecule has 0 aliphatic carbocycles. The van der Waals surface area contributed by atoms with Crippen molar-refractivity contribution in [3.8, 4) is 5.82 Å². The summed E-state index contributed by atoms with van der Waals surface area (Å²) in [7, 11) is 0. The summed E-state index contributed by atoms with van der Waals surface area (Å²) in [6.07, 6.45) is 6.64. The number of pyridine rings is 1. The molecule has 2 rings (SSSR count). The molecule has 0 bridgehead atoms. The van der Waals surface area contributed by atoms with E-state index in [0.717, 1.165) is 0 Å². The van der Waals surface area contributed by atoms with Gasteiger partial charge in [0.25, 0.3) is 0 Å². The maximum atomic E-state index is 9.74. The minimum Gasteiger partial charge on any atom is -0.508 e. The highest BCUT2D eigenvalue weighted by Gasteiger charge is 2.11. The molecule has 0 fully saturated rings. The van der Waals surface area contributed by atoms with E-state index in [0.29, 0.717) is 17.2 Å². The van der Waals surface area contributed by atoms with Gasteiger partial charge < -0.3 is 5.11 Å². The third-order valence-corrected chi connectivity index (χ3v) is 2.45. The van der Waals surface area contributed by atoms with E-state index in [4.69, 9.17) is 0 Å². The van der Waals surface area contributed by atoms with Crippen LogP contribution in [-0.2, 0) is 0 Å². The van der Waals surface area contributed by atoms with E-state index in [1.807, 2.05) is 25.1 Å². The Morgan fingerprint density at radius 3 is 2.67 bits per heavy atom. The molecule has 0 radical (unpaired) electrons. The summed E-state index contributed by atoms with van der Waals surface area (Å²) < 4.78 is 1.57. The monoisotopic (exact) mass is 242 g/mol. The Morgan fingerprint density at radius 1 is 1.22 bits per heavy atom. The van der Waals surface area contributed by atoms with E-state index >= 15 is 0 Å². The van der Waals surface area contributed by atoms with E-state index in [2.05, 4.69) is 15.1 Å². The van der Waals surface area contributed by atoms with Crippen molar-refractivity contribution in [2.24, 2.45) is 0 Å². The molecule has 2 aromatic heterocycles. The van der Waals surface area contributed by atoms with Gasteiger partial charge in [0, 0.05) is 6.20 Å². The summed E-state index contributed by atoms with van der Waals surface area (Å²) in [4.78, 5) is 8.35. The minimum atomic E-state index is 0.163. The molecule has 0 spiro atoms. The molecule has 0 unspecified atom stereocenters. The first-order valence-corrected chi connectivity index (χ1v) is 5.61. The lowest BCUT2D eigenvalue weighted by Crippen LogP contribution is -1.99. The Labute approximate surface area is 105 Å². The second-order valence-electron chi connectivity index (χ2n) is 3.58. The van der Waals surface area contributed by atoms with Gasteiger partial charge in [-0.15, -0.1) is 5.10 Å². The number of aliphatic hydroxyl groups excluding tert-OH is 1. The maximum absolute atomic E-state index is 9.74. The first kappa shape index (κ1) is 12.0. The van der Waals surface area contributed by atoms with Crippen molar-refractivity contribution in [1.82, 2.24) is 19.7 Å². The molecule has 0 aliphatic heterocycles. The number of allylic oxidation sites excluding steroid dienone is 3. The normalized spacial score (nSPS) is 12.8. The fraction of sp³-hybridized carbons (Fsp3) is 0.154. The van der Waals surface area contributed by atoms with Crippen LogP contribution in [0.5, 0.6) is 0 Å². The average Bonchev–Trinajstić information content (AvgIpc) is 2.90. The first-order valence-electron chi connectivity index (χ1n) is 5.61. The van der Waals surface area contributed by atoms with Crippen molar-refractivity contribution in [3.05, 3.63) is 54.5 Å². The van der Waals surface area contributed by atoms with Gasteiger partial charge in [0.15, 0.2) is 11.6 Å². The van der Waals surface area contributed by atoms with E-state index < -0.39 is 0 Å². The highest BCUT2D eigenvalue weighted by atomic mass is 16.3. The molecule has 0 aliphatic rings. The van der Waals surface area contributed by atoms with Crippen LogP contribution in [0.1, 0.15) is 19.7 Å². The second-order valence-corrected chi connectivity index (χ2v) is 3.58. The van der Waals surface area contributed by atoms with Crippen LogP contribution in [0.2, 0.25) is 0 Å². The van der Waals surface area contributed by atoms with E-state index in [1.165, 1.54) is 0 Å². The molecule has 18 heavy (non-hydrogen) atoms. The van der Waals surface area contributed by atoms with Gasteiger partial charge in [-0.3, -0.25) is 0 Å². The van der Waals surface area contributed by atoms with Crippen LogP contribution < -0.4 is 0 Å². The lowest BCUT2D eigenvalue weighted by Gasteiger charge is -2.00. The van der Waals surface area contributed by atoms with Crippen molar-refractivity contribution in [1.29, 1.82) is 0 Å². The highest BCUT2D eigenvalue weighted by molar-refractivity contribution is 5.72. The Balaban J connectivity index is 2.37. The van der Waals surface area contributed by atoms with E-state index in [-0.39, 0.29) is 5.76 Å². The van der Waals surface area contributed by atoms with Gasteiger partial charge in [0.2, 0.25) is 0 Å². The summed E-state index contributed by atoms with van der Waals surface area (Å²) in [5.74, 6) is 1.32. The van der Waals surface area contributed by atoms with Gasteiger partial charge >= 0.3 is 0 Å². The number of aliphatic hydroxyl groups is 1. The summed E-state index contributed by atoms with van der Waals surface area (Å²) in [6.45, 7) is 3.59. The van der Waals surface area contributed by atoms with Crippen molar-refractivity contribution in [2.75, 3.05) is 0 Å². The van der Waals surface area contributed by atoms with Crippen LogP contribution in [-0.4, -0.2) is 24.9 Å². The van der Waals surface area contributed by atoms with Gasteiger partial charge in [0.1, 0.15) is 12.1 Å². The summed E-state index contributed by atoms with van der Waals surface area (Å²) in [6, 6.07) is 5.55. The molecule has 0 atom stereocenters.